The van der Waals surface area contributed by atoms with E-state index < -0.39 is 9.05 Å². The summed E-state index contributed by atoms with van der Waals surface area (Å²) in [6.07, 6.45) is 0.670. The van der Waals surface area contributed by atoms with Crippen molar-refractivity contribution in [3.05, 3.63) is 65.7 Å². The van der Waals surface area contributed by atoms with Gasteiger partial charge in [-0.25, -0.2) is 8.42 Å². The molecule has 1 aliphatic rings. The van der Waals surface area contributed by atoms with Crippen LogP contribution in [0, 0.1) is 0 Å². The first kappa shape index (κ1) is 17.9. The number of hydrogen-bond acceptors (Lipinski definition) is 5. The van der Waals surface area contributed by atoms with E-state index in [4.69, 9.17) is 10.7 Å². The second-order valence-corrected chi connectivity index (χ2v) is 8.69. The van der Waals surface area contributed by atoms with Gasteiger partial charge in [0.1, 0.15) is 0 Å². The first-order valence-corrected chi connectivity index (χ1v) is 10.3. The second-order valence-electron chi connectivity index (χ2n) is 6.12. The summed E-state index contributed by atoms with van der Waals surface area (Å²) in [6.45, 7) is 2.35. The van der Waals surface area contributed by atoms with Gasteiger partial charge in [-0.15, -0.1) is 0 Å². The van der Waals surface area contributed by atoms with Crippen molar-refractivity contribution >= 4 is 25.4 Å². The molecule has 1 fully saturated rings. The minimum Gasteiger partial charge on any atom is -0.411 e. The highest BCUT2D eigenvalue weighted by Gasteiger charge is 2.27. The van der Waals surface area contributed by atoms with Crippen molar-refractivity contribution in [3.63, 3.8) is 0 Å². The Labute approximate surface area is 152 Å². The van der Waals surface area contributed by atoms with Crippen LogP contribution in [0.2, 0.25) is 0 Å². The van der Waals surface area contributed by atoms with E-state index in [9.17, 15) is 13.6 Å². The van der Waals surface area contributed by atoms with Crippen molar-refractivity contribution in [2.24, 2.45) is 5.16 Å². The fourth-order valence-electron chi connectivity index (χ4n) is 3.17. The lowest BCUT2D eigenvalue weighted by Crippen LogP contribution is -2.39. The van der Waals surface area contributed by atoms with E-state index >= 15 is 0 Å². The Morgan fingerprint density at radius 1 is 1.12 bits per heavy atom. The molecule has 0 radical (unpaired) electrons. The third-order valence-corrected chi connectivity index (χ3v) is 5.84. The Kier molecular flexibility index (Phi) is 5.42. The van der Waals surface area contributed by atoms with Crippen LogP contribution in [0.1, 0.15) is 23.5 Å². The van der Waals surface area contributed by atoms with Gasteiger partial charge >= 0.3 is 0 Å². The van der Waals surface area contributed by atoms with Crippen LogP contribution in [0.15, 0.2) is 64.6 Å². The normalized spacial score (nSPS) is 20.7. The van der Waals surface area contributed by atoms with E-state index in [1.807, 2.05) is 18.2 Å². The molecular weight excluding hydrogens is 360 g/mol. The molecule has 0 aliphatic carbocycles. The number of benzene rings is 2. The third kappa shape index (κ3) is 4.39. The summed E-state index contributed by atoms with van der Waals surface area (Å²) >= 11 is 0. The summed E-state index contributed by atoms with van der Waals surface area (Å²) in [6, 6.07) is 16.6. The van der Waals surface area contributed by atoms with Crippen molar-refractivity contribution < 1.29 is 13.6 Å². The number of likely N-dealkylation sites (tertiary alicyclic amines) is 1. The highest BCUT2D eigenvalue weighted by molar-refractivity contribution is 8.13. The predicted octanol–water partition coefficient (Wildman–Crippen LogP) is 3.43. The van der Waals surface area contributed by atoms with Crippen LogP contribution in [0.3, 0.4) is 0 Å². The van der Waals surface area contributed by atoms with Gasteiger partial charge < -0.3 is 5.21 Å². The molecule has 1 unspecified atom stereocenters. The molecule has 1 saturated heterocycles. The van der Waals surface area contributed by atoms with Crippen LogP contribution in [0.4, 0.5) is 0 Å². The van der Waals surface area contributed by atoms with E-state index in [2.05, 4.69) is 22.2 Å². The monoisotopic (exact) mass is 378 g/mol. The fourth-order valence-corrected chi connectivity index (χ4v) is 3.94. The maximum Gasteiger partial charge on any atom is 0.261 e. The van der Waals surface area contributed by atoms with E-state index in [1.165, 1.54) is 17.7 Å². The maximum atomic E-state index is 11.4. The SMILES string of the molecule is O=S(=O)(Cl)c1ccc(C2CN(Cc3ccccc3)CC/C2=N\O)cc1. The average Bonchev–Trinajstić information content (AvgIpc) is 2.62. The summed E-state index contributed by atoms with van der Waals surface area (Å²) in [5.41, 5.74) is 2.86. The van der Waals surface area contributed by atoms with Gasteiger partial charge in [0.25, 0.3) is 9.05 Å². The van der Waals surface area contributed by atoms with E-state index in [1.54, 1.807) is 12.1 Å². The molecule has 0 amide bonds. The van der Waals surface area contributed by atoms with Crippen LogP contribution in [-0.4, -0.2) is 37.3 Å². The maximum absolute atomic E-state index is 11.4. The number of rotatable bonds is 4. The molecule has 0 spiro atoms. The summed E-state index contributed by atoms with van der Waals surface area (Å²) < 4.78 is 22.8. The number of nitrogens with zero attached hydrogens (tertiary/aromatic N) is 2. The smallest absolute Gasteiger partial charge is 0.261 e. The predicted molar refractivity (Wildman–Crippen MR) is 97.8 cm³/mol. The van der Waals surface area contributed by atoms with Gasteiger partial charge in [0.05, 0.1) is 10.6 Å². The van der Waals surface area contributed by atoms with Crippen molar-refractivity contribution in [2.45, 2.75) is 23.8 Å². The van der Waals surface area contributed by atoms with E-state index in [-0.39, 0.29) is 10.8 Å². The van der Waals surface area contributed by atoms with Gasteiger partial charge in [0, 0.05) is 42.7 Å². The molecule has 1 atom stereocenters. The van der Waals surface area contributed by atoms with Gasteiger partial charge in [0.2, 0.25) is 0 Å². The van der Waals surface area contributed by atoms with Crippen molar-refractivity contribution in [2.75, 3.05) is 13.1 Å². The molecule has 0 saturated carbocycles. The summed E-state index contributed by atoms with van der Waals surface area (Å²) in [5.74, 6) is -0.0745. The van der Waals surface area contributed by atoms with Gasteiger partial charge in [-0.3, -0.25) is 4.90 Å². The largest absolute Gasteiger partial charge is 0.411 e. The third-order valence-electron chi connectivity index (χ3n) is 4.47. The van der Waals surface area contributed by atoms with Crippen LogP contribution in [0.5, 0.6) is 0 Å². The molecule has 1 N–H and O–H groups in total. The Bertz CT molecular complexity index is 852. The Morgan fingerprint density at radius 3 is 2.40 bits per heavy atom. The first-order valence-electron chi connectivity index (χ1n) is 7.99. The molecule has 2 aromatic rings. The van der Waals surface area contributed by atoms with Crippen LogP contribution in [0.25, 0.3) is 0 Å². The van der Waals surface area contributed by atoms with E-state index in [0.29, 0.717) is 18.7 Å². The number of hydrogen-bond donors (Lipinski definition) is 1. The molecular formula is C18H19ClN2O3S. The summed E-state index contributed by atoms with van der Waals surface area (Å²) in [4.78, 5) is 2.37. The average molecular weight is 379 g/mol. The van der Waals surface area contributed by atoms with Crippen molar-refractivity contribution in [3.8, 4) is 0 Å². The van der Waals surface area contributed by atoms with Crippen molar-refractivity contribution in [1.82, 2.24) is 4.90 Å². The highest BCUT2D eigenvalue weighted by atomic mass is 35.7. The minimum atomic E-state index is -3.74. The zero-order valence-electron chi connectivity index (χ0n) is 13.5. The van der Waals surface area contributed by atoms with Crippen LogP contribution < -0.4 is 0 Å². The second kappa shape index (κ2) is 7.56. The molecule has 132 valence electrons. The lowest BCUT2D eigenvalue weighted by molar-refractivity contribution is 0.243. The Balaban J connectivity index is 1.80. The zero-order chi connectivity index (χ0) is 17.9. The quantitative estimate of drug-likeness (QED) is 0.502. The lowest BCUT2D eigenvalue weighted by atomic mass is 9.88. The zero-order valence-corrected chi connectivity index (χ0v) is 15.1. The molecule has 25 heavy (non-hydrogen) atoms. The van der Waals surface area contributed by atoms with Crippen molar-refractivity contribution in [1.29, 1.82) is 0 Å². The minimum absolute atomic E-state index is 0.0670. The molecule has 0 aromatic heterocycles. The van der Waals surface area contributed by atoms with Crippen LogP contribution in [-0.2, 0) is 15.6 Å². The molecule has 7 heteroatoms. The number of halogens is 1. The molecule has 0 bridgehead atoms. The van der Waals surface area contributed by atoms with Gasteiger partial charge in [-0.2, -0.15) is 0 Å². The lowest BCUT2D eigenvalue weighted by Gasteiger charge is -2.33. The molecule has 3 rings (SSSR count). The van der Waals surface area contributed by atoms with Gasteiger partial charge in [-0.1, -0.05) is 47.6 Å². The molecule has 5 nitrogen and oxygen atoms in total. The number of oxime groups is 1. The molecule has 2 aromatic carbocycles. The van der Waals surface area contributed by atoms with E-state index in [0.717, 1.165) is 18.7 Å². The molecule has 1 heterocycles. The fraction of sp³-hybridized carbons (Fsp3) is 0.278. The first-order chi connectivity index (χ1) is 12.0. The Morgan fingerprint density at radius 2 is 1.80 bits per heavy atom. The molecule has 1 aliphatic heterocycles. The standard InChI is InChI=1S/C18H19ClN2O3S/c19-25(23,24)16-8-6-15(7-9-16)17-13-21(11-10-18(17)20-22)12-14-4-2-1-3-5-14/h1-9,17,22H,10-13H2/b20-18+. The number of piperidine rings is 1. The highest BCUT2D eigenvalue weighted by Crippen LogP contribution is 2.27. The summed E-state index contributed by atoms with van der Waals surface area (Å²) in [5, 5.41) is 12.8. The summed E-state index contributed by atoms with van der Waals surface area (Å²) in [7, 11) is 1.63. The van der Waals surface area contributed by atoms with Crippen LogP contribution >= 0.6 is 10.7 Å². The topological polar surface area (TPSA) is 70.0 Å². The Hall–Kier alpha value is -1.89. The van der Waals surface area contributed by atoms with Gasteiger partial charge in [-0.05, 0) is 23.3 Å². The van der Waals surface area contributed by atoms with Gasteiger partial charge in [0.15, 0.2) is 0 Å².